The summed E-state index contributed by atoms with van der Waals surface area (Å²) < 4.78 is 5.65. The summed E-state index contributed by atoms with van der Waals surface area (Å²) in [6, 6.07) is 8.77. The first-order valence-electron chi connectivity index (χ1n) is 6.93. The molecule has 0 spiro atoms. The van der Waals surface area contributed by atoms with Crippen molar-refractivity contribution in [3.8, 4) is 11.3 Å². The first-order valence-corrected chi connectivity index (χ1v) is 8.09. The Morgan fingerprint density at radius 1 is 1.29 bits per heavy atom. The average Bonchev–Trinajstić information content (AvgIpc) is 3.02. The van der Waals surface area contributed by atoms with Gasteiger partial charge in [-0.25, -0.2) is 0 Å². The molecule has 0 bridgehead atoms. The van der Waals surface area contributed by atoms with Gasteiger partial charge in [-0.05, 0) is 42.6 Å². The molecule has 0 unspecified atom stereocenters. The summed E-state index contributed by atoms with van der Waals surface area (Å²) >= 11 is 17.1. The minimum absolute atomic E-state index is 0.232. The monoisotopic (exact) mass is 380 g/mol. The molecule has 0 fully saturated rings. The van der Waals surface area contributed by atoms with Crippen LogP contribution in [0, 0.1) is 0 Å². The van der Waals surface area contributed by atoms with Crippen LogP contribution >= 0.6 is 35.4 Å². The molecule has 0 saturated heterocycles. The second-order valence-corrected chi connectivity index (χ2v) is 5.82. The maximum absolute atomic E-state index is 11.7. The number of benzene rings is 1. The van der Waals surface area contributed by atoms with Gasteiger partial charge in [-0.15, -0.1) is 6.58 Å². The Bertz CT molecular complexity index is 800. The number of hydrogen-bond donors (Lipinski definition) is 2. The molecule has 2 aromatic rings. The van der Waals surface area contributed by atoms with Gasteiger partial charge in [-0.1, -0.05) is 35.3 Å². The number of amides is 1. The third kappa shape index (κ3) is 4.96. The minimum Gasteiger partial charge on any atom is -0.457 e. The van der Waals surface area contributed by atoms with E-state index in [9.17, 15) is 4.79 Å². The van der Waals surface area contributed by atoms with Crippen LogP contribution < -0.4 is 10.6 Å². The zero-order valence-electron chi connectivity index (χ0n) is 12.5. The van der Waals surface area contributed by atoms with Gasteiger partial charge in [-0.2, -0.15) is 0 Å². The Kier molecular flexibility index (Phi) is 6.61. The highest BCUT2D eigenvalue weighted by Crippen LogP contribution is 2.34. The number of nitrogens with one attached hydrogen (secondary N) is 2. The van der Waals surface area contributed by atoms with E-state index in [1.807, 2.05) is 0 Å². The molecule has 0 radical (unpaired) electrons. The van der Waals surface area contributed by atoms with E-state index < -0.39 is 0 Å². The molecule has 0 aliphatic carbocycles. The highest BCUT2D eigenvalue weighted by molar-refractivity contribution is 7.80. The smallest absolute Gasteiger partial charge is 0.250 e. The van der Waals surface area contributed by atoms with Crippen LogP contribution in [-0.2, 0) is 4.79 Å². The quantitative estimate of drug-likeness (QED) is 0.457. The van der Waals surface area contributed by atoms with Gasteiger partial charge in [-0.3, -0.25) is 10.1 Å². The summed E-state index contributed by atoms with van der Waals surface area (Å²) in [5.41, 5.74) is 0.683. The number of halogens is 2. The van der Waals surface area contributed by atoms with Crippen molar-refractivity contribution in [3.05, 3.63) is 64.9 Å². The van der Waals surface area contributed by atoms with Crippen molar-refractivity contribution in [1.82, 2.24) is 10.6 Å². The van der Waals surface area contributed by atoms with E-state index in [2.05, 4.69) is 17.2 Å². The lowest BCUT2D eigenvalue weighted by molar-refractivity contribution is -0.115. The van der Waals surface area contributed by atoms with Crippen LogP contribution in [0.15, 0.2) is 53.5 Å². The highest BCUT2D eigenvalue weighted by atomic mass is 35.5. The molecular formula is C17H14Cl2N2O2S. The van der Waals surface area contributed by atoms with Crippen LogP contribution in [0.5, 0.6) is 0 Å². The summed E-state index contributed by atoms with van der Waals surface area (Å²) in [6.45, 7) is 4.02. The molecule has 0 atom stereocenters. The number of thiocarbonyl (C=S) groups is 1. The van der Waals surface area contributed by atoms with Crippen molar-refractivity contribution in [2.24, 2.45) is 0 Å². The highest BCUT2D eigenvalue weighted by Gasteiger charge is 2.10. The fraction of sp³-hybridized carbons (Fsp3) is 0.0588. The van der Waals surface area contributed by atoms with Crippen LogP contribution in [0.2, 0.25) is 10.0 Å². The van der Waals surface area contributed by atoms with Gasteiger partial charge in [0, 0.05) is 18.2 Å². The van der Waals surface area contributed by atoms with Gasteiger partial charge in [0.05, 0.1) is 10.0 Å². The molecule has 124 valence electrons. The normalized spacial score (nSPS) is 10.6. The number of carbonyl (C=O) groups excluding carboxylic acids is 1. The van der Waals surface area contributed by atoms with Crippen molar-refractivity contribution in [1.29, 1.82) is 0 Å². The van der Waals surface area contributed by atoms with E-state index in [4.69, 9.17) is 39.8 Å². The average molecular weight is 381 g/mol. The molecule has 0 aliphatic rings. The van der Waals surface area contributed by atoms with Crippen molar-refractivity contribution < 1.29 is 9.21 Å². The second kappa shape index (κ2) is 8.68. The van der Waals surface area contributed by atoms with Gasteiger partial charge in [0.2, 0.25) is 5.91 Å². The predicted molar refractivity (Wildman–Crippen MR) is 102 cm³/mol. The lowest BCUT2D eigenvalue weighted by Crippen LogP contribution is -2.38. The summed E-state index contributed by atoms with van der Waals surface area (Å²) in [7, 11) is 0. The van der Waals surface area contributed by atoms with E-state index in [1.165, 1.54) is 12.2 Å². The molecule has 24 heavy (non-hydrogen) atoms. The van der Waals surface area contributed by atoms with Crippen LogP contribution in [0.3, 0.4) is 0 Å². The largest absolute Gasteiger partial charge is 0.457 e. The number of furan rings is 1. The Labute approximate surface area is 155 Å². The van der Waals surface area contributed by atoms with Crippen LogP contribution in [0.1, 0.15) is 5.76 Å². The second-order valence-electron chi connectivity index (χ2n) is 4.62. The van der Waals surface area contributed by atoms with E-state index in [0.717, 1.165) is 0 Å². The summed E-state index contributed by atoms with van der Waals surface area (Å²) in [4.78, 5) is 11.7. The van der Waals surface area contributed by atoms with Gasteiger partial charge >= 0.3 is 0 Å². The van der Waals surface area contributed by atoms with Gasteiger partial charge in [0.25, 0.3) is 0 Å². The summed E-state index contributed by atoms with van der Waals surface area (Å²) in [5, 5.41) is 6.40. The molecule has 2 N–H and O–H groups in total. The number of hydrogen-bond acceptors (Lipinski definition) is 3. The van der Waals surface area contributed by atoms with E-state index in [0.29, 0.717) is 33.7 Å². The van der Waals surface area contributed by atoms with E-state index in [1.54, 1.807) is 36.4 Å². The minimum atomic E-state index is -0.365. The summed E-state index contributed by atoms with van der Waals surface area (Å²) in [6.07, 6.45) is 4.50. The van der Waals surface area contributed by atoms with Crippen molar-refractivity contribution in [2.45, 2.75) is 0 Å². The Morgan fingerprint density at radius 2 is 2.08 bits per heavy atom. The first-order chi connectivity index (χ1) is 11.5. The number of rotatable bonds is 5. The standard InChI is InChI=1S/C17H14Cl2N2O2S/c1-2-10-20-17(24)21-15(22)9-7-11-6-8-14(23-11)12-4-3-5-13(18)16(12)19/h2-9H,1,10H2,(H2,20,21,22,24). The fourth-order valence-electron chi connectivity index (χ4n) is 1.80. The molecule has 4 nitrogen and oxygen atoms in total. The van der Waals surface area contributed by atoms with Gasteiger partial charge in [0.1, 0.15) is 11.5 Å². The Balaban J connectivity index is 2.03. The molecule has 0 saturated carbocycles. The Hall–Kier alpha value is -2.08. The topological polar surface area (TPSA) is 54.3 Å². The zero-order chi connectivity index (χ0) is 17.5. The molecule has 1 heterocycles. The van der Waals surface area contributed by atoms with E-state index >= 15 is 0 Å². The Morgan fingerprint density at radius 3 is 2.83 bits per heavy atom. The van der Waals surface area contributed by atoms with Crippen LogP contribution in [-0.4, -0.2) is 17.6 Å². The molecule has 7 heteroatoms. The third-order valence-electron chi connectivity index (χ3n) is 2.89. The predicted octanol–water partition coefficient (Wildman–Crippen LogP) is 4.44. The number of carbonyl (C=O) groups is 1. The van der Waals surface area contributed by atoms with Crippen molar-refractivity contribution in [2.75, 3.05) is 6.54 Å². The van der Waals surface area contributed by atoms with Crippen molar-refractivity contribution in [3.63, 3.8) is 0 Å². The molecular weight excluding hydrogens is 367 g/mol. The summed E-state index contributed by atoms with van der Waals surface area (Å²) in [5.74, 6) is 0.696. The zero-order valence-corrected chi connectivity index (χ0v) is 14.8. The third-order valence-corrected chi connectivity index (χ3v) is 3.95. The van der Waals surface area contributed by atoms with Crippen LogP contribution in [0.25, 0.3) is 17.4 Å². The molecule has 1 aromatic carbocycles. The van der Waals surface area contributed by atoms with Gasteiger partial charge < -0.3 is 9.73 Å². The lowest BCUT2D eigenvalue weighted by atomic mass is 10.2. The molecule has 1 aromatic heterocycles. The molecule has 2 rings (SSSR count). The van der Waals surface area contributed by atoms with Gasteiger partial charge in [0.15, 0.2) is 5.11 Å². The maximum Gasteiger partial charge on any atom is 0.250 e. The fourth-order valence-corrected chi connectivity index (χ4v) is 2.38. The molecule has 1 amide bonds. The SMILES string of the molecule is C=CCNC(=S)NC(=O)C=Cc1ccc(-c2cccc(Cl)c2Cl)o1. The van der Waals surface area contributed by atoms with E-state index in [-0.39, 0.29) is 11.0 Å². The first kappa shape index (κ1) is 18.3. The maximum atomic E-state index is 11.7. The molecule has 0 aliphatic heterocycles. The van der Waals surface area contributed by atoms with Crippen LogP contribution in [0.4, 0.5) is 0 Å². The van der Waals surface area contributed by atoms with Crippen molar-refractivity contribution >= 4 is 52.5 Å². The lowest BCUT2D eigenvalue weighted by Gasteiger charge is -2.04.